The third-order valence-electron chi connectivity index (χ3n) is 2.52. The molecular formula is C13H13FN2. The molecule has 0 amide bonds. The fourth-order valence-electron chi connectivity index (χ4n) is 1.71. The highest BCUT2D eigenvalue weighted by Crippen LogP contribution is 2.26. The maximum Gasteiger partial charge on any atom is 0.131 e. The summed E-state index contributed by atoms with van der Waals surface area (Å²) >= 11 is 0. The molecule has 0 aliphatic carbocycles. The molecule has 0 fully saturated rings. The van der Waals surface area contributed by atoms with Gasteiger partial charge in [-0.1, -0.05) is 11.6 Å². The number of hydrogen-bond acceptors (Lipinski definition) is 2. The normalized spacial score (nSPS) is 10.4. The first kappa shape index (κ1) is 10.6. The Morgan fingerprint density at radius 1 is 1.06 bits per heavy atom. The average molecular weight is 216 g/mol. The second-order valence-corrected chi connectivity index (χ2v) is 3.85. The number of rotatable bonds is 1. The van der Waals surface area contributed by atoms with E-state index < -0.39 is 0 Å². The van der Waals surface area contributed by atoms with E-state index in [9.17, 15) is 4.39 Å². The Morgan fingerprint density at radius 3 is 2.50 bits per heavy atom. The van der Waals surface area contributed by atoms with Crippen LogP contribution in [0, 0.1) is 19.7 Å². The number of halogens is 1. The third kappa shape index (κ3) is 1.89. The van der Waals surface area contributed by atoms with Crippen LogP contribution < -0.4 is 5.73 Å². The van der Waals surface area contributed by atoms with Crippen LogP contribution in [0.15, 0.2) is 30.3 Å². The van der Waals surface area contributed by atoms with Gasteiger partial charge in [-0.25, -0.2) is 9.37 Å². The van der Waals surface area contributed by atoms with E-state index in [1.807, 2.05) is 19.9 Å². The quantitative estimate of drug-likeness (QED) is 0.795. The minimum Gasteiger partial charge on any atom is -0.384 e. The van der Waals surface area contributed by atoms with Crippen LogP contribution in [0.3, 0.4) is 0 Å². The summed E-state index contributed by atoms with van der Waals surface area (Å²) in [7, 11) is 0. The summed E-state index contributed by atoms with van der Waals surface area (Å²) in [5, 5.41) is 0. The molecule has 2 aromatic rings. The number of hydrogen-bond donors (Lipinski definition) is 1. The maximum absolute atomic E-state index is 13.7. The molecule has 2 N–H and O–H groups in total. The minimum atomic E-state index is -0.236. The first-order valence-corrected chi connectivity index (χ1v) is 5.07. The first-order valence-electron chi connectivity index (χ1n) is 5.07. The number of nitrogens with zero attached hydrogens (tertiary/aromatic N) is 1. The molecule has 0 saturated carbocycles. The number of nitrogens with two attached hydrogens (primary N) is 1. The van der Waals surface area contributed by atoms with Crippen molar-refractivity contribution in [2.45, 2.75) is 13.8 Å². The van der Waals surface area contributed by atoms with E-state index in [2.05, 4.69) is 4.98 Å². The predicted octanol–water partition coefficient (Wildman–Crippen LogP) is 3.09. The molecule has 82 valence electrons. The molecule has 0 aliphatic rings. The number of pyridine rings is 1. The smallest absolute Gasteiger partial charge is 0.131 e. The van der Waals surface area contributed by atoms with E-state index in [-0.39, 0.29) is 5.82 Å². The van der Waals surface area contributed by atoms with Crippen LogP contribution in [-0.4, -0.2) is 4.98 Å². The highest BCUT2D eigenvalue weighted by Gasteiger charge is 2.08. The molecule has 16 heavy (non-hydrogen) atoms. The molecule has 0 aliphatic heterocycles. The molecule has 3 heteroatoms. The average Bonchev–Trinajstić information content (AvgIpc) is 2.22. The first-order chi connectivity index (χ1) is 7.58. The standard InChI is InChI=1S/C13H13FN2/c1-8-3-5-12(14)11(7-8)10-4-6-13(15)16-9(10)2/h3-7H,1-2H3,(H2,15,16). The van der Waals surface area contributed by atoms with Gasteiger partial charge < -0.3 is 5.73 Å². The Morgan fingerprint density at radius 2 is 1.81 bits per heavy atom. The van der Waals surface area contributed by atoms with Crippen LogP contribution in [0.4, 0.5) is 10.2 Å². The predicted molar refractivity (Wildman–Crippen MR) is 63.5 cm³/mol. The van der Waals surface area contributed by atoms with Gasteiger partial charge in [-0.3, -0.25) is 0 Å². The molecule has 2 rings (SSSR count). The molecular weight excluding hydrogens is 203 g/mol. The van der Waals surface area contributed by atoms with Gasteiger partial charge in [-0.2, -0.15) is 0 Å². The third-order valence-corrected chi connectivity index (χ3v) is 2.52. The lowest BCUT2D eigenvalue weighted by molar-refractivity contribution is 0.630. The summed E-state index contributed by atoms with van der Waals surface area (Å²) in [6.07, 6.45) is 0. The number of nitrogen functional groups attached to an aromatic ring is 1. The number of aromatic nitrogens is 1. The molecule has 1 aromatic carbocycles. The Balaban J connectivity index is 2.62. The van der Waals surface area contributed by atoms with Crippen LogP contribution in [0.2, 0.25) is 0 Å². The highest BCUT2D eigenvalue weighted by molar-refractivity contribution is 5.68. The minimum absolute atomic E-state index is 0.236. The molecule has 2 nitrogen and oxygen atoms in total. The Labute approximate surface area is 93.9 Å². The van der Waals surface area contributed by atoms with Crippen molar-refractivity contribution < 1.29 is 4.39 Å². The van der Waals surface area contributed by atoms with E-state index in [1.165, 1.54) is 6.07 Å². The van der Waals surface area contributed by atoms with Gasteiger partial charge in [-0.15, -0.1) is 0 Å². The maximum atomic E-state index is 13.7. The summed E-state index contributed by atoms with van der Waals surface area (Å²) in [5.74, 6) is 0.217. The Kier molecular flexibility index (Phi) is 2.60. The fourth-order valence-corrected chi connectivity index (χ4v) is 1.71. The Hall–Kier alpha value is -1.90. The molecule has 1 aromatic heterocycles. The summed E-state index contributed by atoms with van der Waals surface area (Å²) < 4.78 is 13.7. The molecule has 1 heterocycles. The molecule has 0 radical (unpaired) electrons. The van der Waals surface area contributed by atoms with Crippen LogP contribution in [0.1, 0.15) is 11.3 Å². The van der Waals surface area contributed by atoms with E-state index in [4.69, 9.17) is 5.73 Å². The second kappa shape index (κ2) is 3.93. The Bertz CT molecular complexity index is 535. The van der Waals surface area contributed by atoms with Crippen molar-refractivity contribution in [3.8, 4) is 11.1 Å². The molecule has 0 spiro atoms. The summed E-state index contributed by atoms with van der Waals surface area (Å²) in [6.45, 7) is 3.76. The summed E-state index contributed by atoms with van der Waals surface area (Å²) in [5.41, 5.74) is 8.69. The van der Waals surface area contributed by atoms with Crippen LogP contribution in [-0.2, 0) is 0 Å². The van der Waals surface area contributed by atoms with Crippen molar-refractivity contribution in [3.63, 3.8) is 0 Å². The molecule has 0 bridgehead atoms. The summed E-state index contributed by atoms with van der Waals surface area (Å²) in [6, 6.07) is 8.52. The van der Waals surface area contributed by atoms with Crippen molar-refractivity contribution in [2.75, 3.05) is 5.73 Å². The number of aryl methyl sites for hydroxylation is 2. The van der Waals surface area contributed by atoms with Crippen molar-refractivity contribution in [1.29, 1.82) is 0 Å². The van der Waals surface area contributed by atoms with Crippen molar-refractivity contribution in [2.24, 2.45) is 0 Å². The van der Waals surface area contributed by atoms with Gasteiger partial charge >= 0.3 is 0 Å². The van der Waals surface area contributed by atoms with Crippen molar-refractivity contribution >= 4 is 5.82 Å². The largest absolute Gasteiger partial charge is 0.384 e. The SMILES string of the molecule is Cc1ccc(F)c(-c2ccc(N)nc2C)c1. The van der Waals surface area contributed by atoms with Crippen LogP contribution in [0.25, 0.3) is 11.1 Å². The van der Waals surface area contributed by atoms with Gasteiger partial charge in [0.05, 0.1) is 0 Å². The van der Waals surface area contributed by atoms with Gasteiger partial charge in [-0.05, 0) is 38.1 Å². The van der Waals surface area contributed by atoms with Gasteiger partial charge in [0.1, 0.15) is 11.6 Å². The molecule has 0 atom stereocenters. The monoisotopic (exact) mass is 216 g/mol. The topological polar surface area (TPSA) is 38.9 Å². The van der Waals surface area contributed by atoms with E-state index in [1.54, 1.807) is 18.2 Å². The molecule has 0 unspecified atom stereocenters. The van der Waals surface area contributed by atoms with E-state index >= 15 is 0 Å². The van der Waals surface area contributed by atoms with Gasteiger partial charge in [0.2, 0.25) is 0 Å². The number of benzene rings is 1. The van der Waals surface area contributed by atoms with E-state index in [0.717, 1.165) is 16.8 Å². The summed E-state index contributed by atoms with van der Waals surface area (Å²) in [4.78, 5) is 4.13. The zero-order chi connectivity index (χ0) is 11.7. The van der Waals surface area contributed by atoms with Crippen molar-refractivity contribution in [1.82, 2.24) is 4.98 Å². The lowest BCUT2D eigenvalue weighted by Crippen LogP contribution is -1.95. The van der Waals surface area contributed by atoms with Gasteiger partial charge in [0, 0.05) is 16.8 Å². The van der Waals surface area contributed by atoms with Crippen LogP contribution >= 0.6 is 0 Å². The lowest BCUT2D eigenvalue weighted by atomic mass is 10.0. The second-order valence-electron chi connectivity index (χ2n) is 3.85. The lowest BCUT2D eigenvalue weighted by Gasteiger charge is -2.08. The zero-order valence-corrected chi connectivity index (χ0v) is 9.29. The van der Waals surface area contributed by atoms with Crippen LogP contribution in [0.5, 0.6) is 0 Å². The van der Waals surface area contributed by atoms with Gasteiger partial charge in [0.25, 0.3) is 0 Å². The van der Waals surface area contributed by atoms with Crippen molar-refractivity contribution in [3.05, 3.63) is 47.4 Å². The van der Waals surface area contributed by atoms with E-state index in [0.29, 0.717) is 11.4 Å². The highest BCUT2D eigenvalue weighted by atomic mass is 19.1. The number of anilines is 1. The van der Waals surface area contributed by atoms with Gasteiger partial charge in [0.15, 0.2) is 0 Å². The molecule has 0 saturated heterocycles. The zero-order valence-electron chi connectivity index (χ0n) is 9.29. The fraction of sp³-hybridized carbons (Fsp3) is 0.154.